The number of carbonyl (C=O) groups is 4. The molecule has 1 aliphatic rings. The molecule has 2 N–H and O–H groups in total. The van der Waals surface area contributed by atoms with Gasteiger partial charge in [-0.2, -0.15) is 0 Å². The van der Waals surface area contributed by atoms with Crippen LogP contribution in [0.25, 0.3) is 0 Å². The smallest absolute Gasteiger partial charge is 0.311 e. The van der Waals surface area contributed by atoms with Gasteiger partial charge in [-0.25, -0.2) is 0 Å². The lowest BCUT2D eigenvalue weighted by atomic mass is 10.1. The minimum absolute atomic E-state index is 0.0119. The summed E-state index contributed by atoms with van der Waals surface area (Å²) >= 11 is 3.47. The van der Waals surface area contributed by atoms with Gasteiger partial charge in [-0.3, -0.25) is 29.6 Å². The molecule has 0 bridgehead atoms. The second-order valence-corrected chi connectivity index (χ2v) is 8.53. The first-order valence-corrected chi connectivity index (χ1v) is 10.8. The van der Waals surface area contributed by atoms with Gasteiger partial charge >= 0.3 is 5.97 Å². The van der Waals surface area contributed by atoms with Crippen LogP contribution in [0.5, 0.6) is 0 Å². The number of ether oxygens (including phenoxy) is 1. The molecule has 0 radical (unpaired) electrons. The summed E-state index contributed by atoms with van der Waals surface area (Å²) in [6.45, 7) is 5.14. The highest BCUT2D eigenvalue weighted by Gasteiger charge is 2.36. The van der Waals surface area contributed by atoms with Crippen molar-refractivity contribution in [2.24, 2.45) is 5.92 Å². The quantitative estimate of drug-likeness (QED) is 0.591. The van der Waals surface area contributed by atoms with Crippen LogP contribution in [0, 0.1) is 26.7 Å². The number of aryl methyl sites for hydroxylation is 3. The van der Waals surface area contributed by atoms with Crippen LogP contribution in [0.4, 0.5) is 5.69 Å². The highest BCUT2D eigenvalue weighted by Crippen LogP contribution is 2.25. The van der Waals surface area contributed by atoms with E-state index >= 15 is 0 Å². The monoisotopic (exact) mass is 501 g/mol. The maximum atomic E-state index is 12.4. The van der Waals surface area contributed by atoms with Gasteiger partial charge in [-0.05, 0) is 55.7 Å². The molecule has 1 heterocycles. The van der Waals surface area contributed by atoms with Crippen LogP contribution in [0.1, 0.15) is 33.5 Å². The fraction of sp³-hybridized carbons (Fsp3) is 0.304. The van der Waals surface area contributed by atoms with E-state index in [1.807, 2.05) is 19.9 Å². The number of halogens is 1. The zero-order valence-electron chi connectivity index (χ0n) is 18.0. The Morgan fingerprint density at radius 1 is 1.09 bits per heavy atom. The molecule has 9 heteroatoms. The number of nitrogens with one attached hydrogen (secondary N) is 2. The Bertz CT molecular complexity index is 1060. The van der Waals surface area contributed by atoms with Crippen LogP contribution in [0.3, 0.4) is 0 Å². The van der Waals surface area contributed by atoms with Crippen molar-refractivity contribution in [3.05, 3.63) is 63.1 Å². The van der Waals surface area contributed by atoms with E-state index in [0.29, 0.717) is 11.3 Å². The molecule has 168 valence electrons. The third-order valence-corrected chi connectivity index (χ3v) is 6.40. The SMILES string of the molecule is Cc1ccccc1C(=O)NN1C[C@H](C(=O)OCC(=O)Nc2cc(C)c(Br)c(C)c2)CC1=O. The third-order valence-electron chi connectivity index (χ3n) is 5.15. The average Bonchev–Trinajstić information content (AvgIpc) is 3.10. The summed E-state index contributed by atoms with van der Waals surface area (Å²) in [7, 11) is 0. The molecule has 0 aliphatic carbocycles. The maximum absolute atomic E-state index is 12.4. The summed E-state index contributed by atoms with van der Waals surface area (Å²) in [5, 5.41) is 3.81. The van der Waals surface area contributed by atoms with Crippen molar-refractivity contribution in [1.29, 1.82) is 0 Å². The standard InChI is InChI=1S/C23H24BrN3O5/c1-13-6-4-5-7-18(13)22(30)26-27-11-16(10-20(27)29)23(31)32-12-19(28)25-17-8-14(2)21(24)15(3)9-17/h4-9,16H,10-12H2,1-3H3,(H,25,28)(H,26,30)/t16-/m1/s1. The molecule has 0 spiro atoms. The topological polar surface area (TPSA) is 105 Å². The van der Waals surface area contributed by atoms with Crippen molar-refractivity contribution in [3.63, 3.8) is 0 Å². The second-order valence-electron chi connectivity index (χ2n) is 7.74. The Morgan fingerprint density at radius 3 is 2.41 bits per heavy atom. The summed E-state index contributed by atoms with van der Waals surface area (Å²) in [4.78, 5) is 49.2. The van der Waals surface area contributed by atoms with Crippen molar-refractivity contribution >= 4 is 45.3 Å². The summed E-state index contributed by atoms with van der Waals surface area (Å²) in [5.41, 5.74) is 6.29. The first kappa shape index (κ1) is 23.5. The van der Waals surface area contributed by atoms with Gasteiger partial charge in [0.1, 0.15) is 0 Å². The number of amides is 3. The number of rotatable bonds is 6. The zero-order valence-corrected chi connectivity index (χ0v) is 19.6. The largest absolute Gasteiger partial charge is 0.455 e. The fourth-order valence-corrected chi connectivity index (χ4v) is 3.68. The van der Waals surface area contributed by atoms with Crippen LogP contribution in [0.15, 0.2) is 40.9 Å². The van der Waals surface area contributed by atoms with Crippen molar-refractivity contribution in [2.75, 3.05) is 18.5 Å². The van der Waals surface area contributed by atoms with Crippen molar-refractivity contribution in [1.82, 2.24) is 10.4 Å². The number of hydrazine groups is 1. The summed E-state index contributed by atoms with van der Waals surface area (Å²) in [5.74, 6) is -2.72. The number of benzene rings is 2. The number of nitrogens with zero attached hydrogens (tertiary/aromatic N) is 1. The van der Waals surface area contributed by atoms with Gasteiger partial charge in [-0.15, -0.1) is 0 Å². The van der Waals surface area contributed by atoms with Crippen LogP contribution in [0.2, 0.25) is 0 Å². The third kappa shape index (κ3) is 5.53. The van der Waals surface area contributed by atoms with E-state index in [1.165, 1.54) is 0 Å². The molecule has 3 amide bonds. The van der Waals surface area contributed by atoms with Gasteiger partial charge in [0, 0.05) is 22.1 Å². The number of hydrogen-bond donors (Lipinski definition) is 2. The Morgan fingerprint density at radius 2 is 1.75 bits per heavy atom. The van der Waals surface area contributed by atoms with E-state index in [2.05, 4.69) is 26.7 Å². The van der Waals surface area contributed by atoms with Gasteiger partial charge in [0.15, 0.2) is 6.61 Å². The molecule has 8 nitrogen and oxygen atoms in total. The fourth-order valence-electron chi connectivity index (χ4n) is 3.45. The lowest BCUT2D eigenvalue weighted by molar-refractivity contribution is -0.151. The lowest BCUT2D eigenvalue weighted by Crippen LogP contribution is -2.43. The minimum atomic E-state index is -0.760. The number of carbonyl (C=O) groups excluding carboxylic acids is 4. The molecule has 1 saturated heterocycles. The molecule has 3 rings (SSSR count). The van der Waals surface area contributed by atoms with E-state index in [0.717, 1.165) is 26.2 Å². The van der Waals surface area contributed by atoms with Crippen LogP contribution in [-0.4, -0.2) is 41.9 Å². The lowest BCUT2D eigenvalue weighted by Gasteiger charge is -2.18. The first-order valence-electron chi connectivity index (χ1n) is 10.1. The molecule has 1 atom stereocenters. The van der Waals surface area contributed by atoms with E-state index in [9.17, 15) is 19.2 Å². The van der Waals surface area contributed by atoms with Crippen LogP contribution < -0.4 is 10.7 Å². The Labute approximate surface area is 194 Å². The van der Waals surface area contributed by atoms with E-state index in [1.54, 1.807) is 37.3 Å². The van der Waals surface area contributed by atoms with E-state index < -0.39 is 30.3 Å². The minimum Gasteiger partial charge on any atom is -0.455 e. The Balaban J connectivity index is 1.51. The van der Waals surface area contributed by atoms with Gasteiger partial charge in [0.2, 0.25) is 5.91 Å². The molecule has 2 aromatic carbocycles. The van der Waals surface area contributed by atoms with Crippen molar-refractivity contribution < 1.29 is 23.9 Å². The molecular formula is C23H24BrN3O5. The average molecular weight is 502 g/mol. The summed E-state index contributed by atoms with van der Waals surface area (Å²) < 4.78 is 6.06. The Kier molecular flexibility index (Phi) is 7.29. The van der Waals surface area contributed by atoms with E-state index in [4.69, 9.17) is 4.74 Å². The van der Waals surface area contributed by atoms with Gasteiger partial charge in [0.25, 0.3) is 11.8 Å². The first-order chi connectivity index (χ1) is 15.2. The number of anilines is 1. The van der Waals surface area contributed by atoms with Crippen LogP contribution in [-0.2, 0) is 19.1 Å². The molecule has 1 aliphatic heterocycles. The number of esters is 1. The normalized spacial score (nSPS) is 15.4. The molecule has 0 saturated carbocycles. The zero-order chi connectivity index (χ0) is 23.4. The van der Waals surface area contributed by atoms with Crippen LogP contribution >= 0.6 is 15.9 Å². The molecule has 0 aromatic heterocycles. The molecule has 32 heavy (non-hydrogen) atoms. The van der Waals surface area contributed by atoms with Crippen molar-refractivity contribution in [3.8, 4) is 0 Å². The molecular weight excluding hydrogens is 478 g/mol. The molecule has 2 aromatic rings. The summed E-state index contributed by atoms with van der Waals surface area (Å²) in [6.07, 6.45) is -0.0976. The molecule has 1 fully saturated rings. The van der Waals surface area contributed by atoms with Gasteiger partial charge in [0.05, 0.1) is 12.5 Å². The van der Waals surface area contributed by atoms with Gasteiger partial charge < -0.3 is 10.1 Å². The summed E-state index contributed by atoms with van der Waals surface area (Å²) in [6, 6.07) is 10.6. The number of hydrogen-bond acceptors (Lipinski definition) is 5. The predicted octanol–water partition coefficient (Wildman–Crippen LogP) is 3.05. The van der Waals surface area contributed by atoms with E-state index in [-0.39, 0.29) is 18.9 Å². The second kappa shape index (κ2) is 9.95. The maximum Gasteiger partial charge on any atom is 0.311 e. The van der Waals surface area contributed by atoms with Gasteiger partial charge in [-0.1, -0.05) is 34.1 Å². The van der Waals surface area contributed by atoms with Crippen molar-refractivity contribution in [2.45, 2.75) is 27.2 Å². The molecule has 0 unspecified atom stereocenters. The predicted molar refractivity (Wildman–Crippen MR) is 122 cm³/mol. The Hall–Kier alpha value is -3.20. The highest BCUT2D eigenvalue weighted by molar-refractivity contribution is 9.10. The highest BCUT2D eigenvalue weighted by atomic mass is 79.9.